The number of aromatic nitrogens is 4. The molecule has 2 aromatic carbocycles. The fourth-order valence-electron chi connectivity index (χ4n) is 4.07. The van der Waals surface area contributed by atoms with E-state index in [1.165, 1.54) is 0 Å². The normalized spacial score (nSPS) is 15.1. The van der Waals surface area contributed by atoms with Gasteiger partial charge in [-0.1, -0.05) is 6.07 Å². The molecule has 0 saturated carbocycles. The van der Waals surface area contributed by atoms with Crippen molar-refractivity contribution in [3.8, 4) is 11.4 Å². The lowest BCUT2D eigenvalue weighted by Crippen LogP contribution is -2.21. The molecular weight excluding hydrogens is 416 g/mol. The summed E-state index contributed by atoms with van der Waals surface area (Å²) in [7, 11) is 0. The zero-order valence-electron chi connectivity index (χ0n) is 17.8. The average Bonchev–Trinajstić information content (AvgIpc) is 3.54. The minimum Gasteiger partial charge on any atom is -0.324 e. The maximum atomic E-state index is 13.2. The molecule has 1 fully saturated rings. The maximum absolute atomic E-state index is 13.2. The predicted octanol–water partition coefficient (Wildman–Crippen LogP) is 2.94. The van der Waals surface area contributed by atoms with Crippen LogP contribution < -0.4 is 16.2 Å². The summed E-state index contributed by atoms with van der Waals surface area (Å²) in [6.07, 6.45) is 5.37. The van der Waals surface area contributed by atoms with Crippen LogP contribution in [0.5, 0.6) is 0 Å². The molecule has 2 N–H and O–H groups in total. The molecule has 1 unspecified atom stereocenters. The molecule has 6 rings (SSSR count). The Balaban J connectivity index is 1.59. The zero-order valence-corrected chi connectivity index (χ0v) is 17.8. The molecule has 5 aromatic rings. The Bertz CT molecular complexity index is 1600. The van der Waals surface area contributed by atoms with Crippen molar-refractivity contribution in [3.63, 3.8) is 0 Å². The number of carbonyl (C=O) groups excluding carboxylic acids is 1. The van der Waals surface area contributed by atoms with Gasteiger partial charge in [0.05, 0.1) is 28.5 Å². The van der Waals surface area contributed by atoms with Gasteiger partial charge in [0.25, 0.3) is 5.56 Å². The number of nitrogens with one attached hydrogen (secondary N) is 2. The van der Waals surface area contributed by atoms with Gasteiger partial charge in [-0.05, 0) is 55.0 Å². The second-order valence-corrected chi connectivity index (χ2v) is 8.17. The Kier molecular flexibility index (Phi) is 4.34. The van der Waals surface area contributed by atoms with Crippen molar-refractivity contribution in [2.45, 2.75) is 13.0 Å². The van der Waals surface area contributed by atoms with Crippen LogP contribution in [0.15, 0.2) is 78.0 Å². The standard InChI is InChI=1S/C25H20N6O2/c1-15-3-5-18(12-21(15)29-25(33)22-14-27-22)31-23(32)8-4-16-13-26-20-7-6-17(11-19(20)24(16)31)30-10-2-9-28-30/h2-13,22,27H,14H2,1H3,(H,29,33). The van der Waals surface area contributed by atoms with Gasteiger partial charge in [0, 0.05) is 47.7 Å². The number of anilines is 1. The number of pyridine rings is 2. The Hall–Kier alpha value is -4.30. The molecule has 8 nitrogen and oxygen atoms in total. The summed E-state index contributed by atoms with van der Waals surface area (Å²) < 4.78 is 3.45. The molecule has 1 aliphatic heterocycles. The molecule has 8 heteroatoms. The van der Waals surface area contributed by atoms with Gasteiger partial charge in [-0.25, -0.2) is 4.68 Å². The van der Waals surface area contributed by atoms with Crippen LogP contribution in [0.4, 0.5) is 5.69 Å². The molecule has 1 aliphatic rings. The topological polar surface area (TPSA) is 104 Å². The van der Waals surface area contributed by atoms with E-state index in [0.29, 0.717) is 17.9 Å². The van der Waals surface area contributed by atoms with Gasteiger partial charge in [-0.15, -0.1) is 0 Å². The number of amides is 1. The van der Waals surface area contributed by atoms with E-state index in [-0.39, 0.29) is 17.5 Å². The number of rotatable bonds is 4. The average molecular weight is 436 g/mol. The number of carbonyl (C=O) groups is 1. The first-order chi connectivity index (χ1) is 16.1. The fraction of sp³-hybridized carbons (Fsp3) is 0.120. The van der Waals surface area contributed by atoms with Crippen molar-refractivity contribution in [2.75, 3.05) is 11.9 Å². The Morgan fingerprint density at radius 2 is 1.97 bits per heavy atom. The van der Waals surface area contributed by atoms with E-state index in [1.54, 1.807) is 33.8 Å². The van der Waals surface area contributed by atoms with Gasteiger partial charge in [0.2, 0.25) is 5.91 Å². The fourth-order valence-corrected chi connectivity index (χ4v) is 4.07. The van der Waals surface area contributed by atoms with E-state index in [1.807, 2.05) is 55.6 Å². The van der Waals surface area contributed by atoms with Crippen LogP contribution in [0, 0.1) is 6.92 Å². The molecule has 3 aromatic heterocycles. The summed E-state index contributed by atoms with van der Waals surface area (Å²) in [6.45, 7) is 2.62. The first-order valence-corrected chi connectivity index (χ1v) is 10.7. The van der Waals surface area contributed by atoms with Crippen LogP contribution in [-0.4, -0.2) is 37.8 Å². The third-order valence-corrected chi connectivity index (χ3v) is 5.93. The summed E-state index contributed by atoms with van der Waals surface area (Å²) in [5.41, 5.74) is 4.53. The highest BCUT2D eigenvalue weighted by atomic mass is 16.2. The van der Waals surface area contributed by atoms with Crippen molar-refractivity contribution in [2.24, 2.45) is 0 Å². The predicted molar refractivity (Wildman–Crippen MR) is 127 cm³/mol. The highest BCUT2D eigenvalue weighted by Gasteiger charge is 2.29. The van der Waals surface area contributed by atoms with Gasteiger partial charge >= 0.3 is 0 Å². The molecule has 0 radical (unpaired) electrons. The van der Waals surface area contributed by atoms with Crippen molar-refractivity contribution in [1.82, 2.24) is 24.6 Å². The Morgan fingerprint density at radius 3 is 2.76 bits per heavy atom. The molecule has 1 amide bonds. The van der Waals surface area contributed by atoms with E-state index in [4.69, 9.17) is 0 Å². The quantitative estimate of drug-likeness (QED) is 0.333. The number of benzene rings is 2. The van der Waals surface area contributed by atoms with Gasteiger partial charge in [0.1, 0.15) is 0 Å². The lowest BCUT2D eigenvalue weighted by Gasteiger charge is -2.15. The molecule has 1 saturated heterocycles. The summed E-state index contributed by atoms with van der Waals surface area (Å²) >= 11 is 0. The van der Waals surface area contributed by atoms with Gasteiger partial charge in [0.15, 0.2) is 0 Å². The third kappa shape index (κ3) is 3.37. The van der Waals surface area contributed by atoms with E-state index < -0.39 is 0 Å². The first-order valence-electron chi connectivity index (χ1n) is 10.7. The zero-order chi connectivity index (χ0) is 22.5. The second-order valence-electron chi connectivity index (χ2n) is 8.17. The van der Waals surface area contributed by atoms with Gasteiger partial charge in [-0.2, -0.15) is 5.10 Å². The van der Waals surface area contributed by atoms with Crippen LogP contribution in [-0.2, 0) is 4.79 Å². The molecule has 4 heterocycles. The Labute approximate surface area is 188 Å². The molecule has 0 bridgehead atoms. The van der Waals surface area contributed by atoms with Crippen molar-refractivity contribution >= 4 is 33.4 Å². The SMILES string of the molecule is Cc1ccc(-n2c(=O)ccc3cnc4ccc(-n5cccn5)cc4c32)cc1NC(=O)C1CN1. The van der Waals surface area contributed by atoms with Crippen LogP contribution in [0.3, 0.4) is 0 Å². The van der Waals surface area contributed by atoms with E-state index in [9.17, 15) is 9.59 Å². The molecule has 162 valence electrons. The maximum Gasteiger partial charge on any atom is 0.255 e. The smallest absolute Gasteiger partial charge is 0.255 e. The molecule has 1 atom stereocenters. The number of aryl methyl sites for hydroxylation is 1. The molecule has 0 aliphatic carbocycles. The van der Waals surface area contributed by atoms with Crippen LogP contribution in [0.1, 0.15) is 5.56 Å². The number of fused-ring (bicyclic) bond motifs is 3. The van der Waals surface area contributed by atoms with Crippen molar-refractivity contribution < 1.29 is 4.79 Å². The van der Waals surface area contributed by atoms with E-state index in [2.05, 4.69) is 20.7 Å². The van der Waals surface area contributed by atoms with Crippen LogP contribution in [0.2, 0.25) is 0 Å². The number of hydrogen-bond acceptors (Lipinski definition) is 5. The Morgan fingerprint density at radius 1 is 1.12 bits per heavy atom. The lowest BCUT2D eigenvalue weighted by atomic mass is 10.1. The largest absolute Gasteiger partial charge is 0.324 e. The minimum atomic E-state index is -0.163. The number of nitrogens with zero attached hydrogens (tertiary/aromatic N) is 4. The van der Waals surface area contributed by atoms with E-state index in [0.717, 1.165) is 33.1 Å². The van der Waals surface area contributed by atoms with Gasteiger partial charge < -0.3 is 10.6 Å². The summed E-state index contributed by atoms with van der Waals surface area (Å²) in [6, 6.07) is 16.6. The highest BCUT2D eigenvalue weighted by Crippen LogP contribution is 2.28. The lowest BCUT2D eigenvalue weighted by molar-refractivity contribution is -0.115. The van der Waals surface area contributed by atoms with E-state index >= 15 is 0 Å². The summed E-state index contributed by atoms with van der Waals surface area (Å²) in [4.78, 5) is 30.1. The molecular formula is C25H20N6O2. The summed E-state index contributed by atoms with van der Waals surface area (Å²) in [5.74, 6) is -0.0703. The number of hydrogen-bond donors (Lipinski definition) is 2. The first kappa shape index (κ1) is 19.4. The van der Waals surface area contributed by atoms with Crippen LogP contribution in [0.25, 0.3) is 33.2 Å². The van der Waals surface area contributed by atoms with Crippen LogP contribution >= 0.6 is 0 Å². The van der Waals surface area contributed by atoms with Gasteiger partial charge in [-0.3, -0.25) is 19.1 Å². The molecule has 0 spiro atoms. The third-order valence-electron chi connectivity index (χ3n) is 5.93. The highest BCUT2D eigenvalue weighted by molar-refractivity contribution is 6.04. The second kappa shape index (κ2) is 7.39. The van der Waals surface area contributed by atoms with Crippen molar-refractivity contribution in [1.29, 1.82) is 0 Å². The monoisotopic (exact) mass is 436 g/mol. The minimum absolute atomic E-state index is 0.0703. The molecule has 33 heavy (non-hydrogen) atoms. The summed E-state index contributed by atoms with van der Waals surface area (Å²) in [5, 5.41) is 12.0. The van der Waals surface area contributed by atoms with Crippen molar-refractivity contribution in [3.05, 3.63) is 89.1 Å².